The molecular weight excluding hydrogens is 280 g/mol. The lowest BCUT2D eigenvalue weighted by molar-refractivity contribution is -0.121. The van der Waals surface area contributed by atoms with E-state index in [2.05, 4.69) is 22.2 Å². The number of nitrogens with one attached hydrogen (secondary N) is 2. The van der Waals surface area contributed by atoms with E-state index in [1.807, 2.05) is 24.0 Å². The van der Waals surface area contributed by atoms with E-state index in [1.165, 1.54) is 0 Å². The standard InChI is InChI=1S/C16H22N4O2/c1-4-7-20(10-15(21)17-3)9-14-18-13-8-11(2)5-6-12(13)16(22)19-14/h5-6,8H,4,7,9-10H2,1-3H3,(H,17,21)(H,18,19,22). The lowest BCUT2D eigenvalue weighted by Gasteiger charge is -2.20. The molecule has 0 bridgehead atoms. The monoisotopic (exact) mass is 302 g/mol. The number of likely N-dealkylation sites (N-methyl/N-ethyl adjacent to an activating group) is 1. The number of nitrogens with zero attached hydrogens (tertiary/aromatic N) is 2. The number of hydrogen-bond acceptors (Lipinski definition) is 4. The van der Waals surface area contributed by atoms with Crippen LogP contribution in [0.15, 0.2) is 23.0 Å². The van der Waals surface area contributed by atoms with E-state index >= 15 is 0 Å². The number of aryl methyl sites for hydroxylation is 1. The number of fused-ring (bicyclic) bond motifs is 1. The molecule has 22 heavy (non-hydrogen) atoms. The number of amides is 1. The van der Waals surface area contributed by atoms with Gasteiger partial charge in [0.2, 0.25) is 5.91 Å². The molecule has 0 saturated heterocycles. The molecule has 1 aromatic heterocycles. The highest BCUT2D eigenvalue weighted by atomic mass is 16.2. The van der Waals surface area contributed by atoms with Crippen molar-refractivity contribution in [3.05, 3.63) is 39.9 Å². The molecule has 2 aromatic rings. The van der Waals surface area contributed by atoms with Crippen molar-refractivity contribution in [2.24, 2.45) is 0 Å². The number of carbonyl (C=O) groups is 1. The highest BCUT2D eigenvalue weighted by Gasteiger charge is 2.12. The largest absolute Gasteiger partial charge is 0.358 e. The molecule has 1 aromatic carbocycles. The Morgan fingerprint density at radius 2 is 2.18 bits per heavy atom. The zero-order chi connectivity index (χ0) is 16.1. The molecule has 1 heterocycles. The van der Waals surface area contributed by atoms with Crippen molar-refractivity contribution in [3.8, 4) is 0 Å². The summed E-state index contributed by atoms with van der Waals surface area (Å²) in [7, 11) is 1.62. The third-order valence-electron chi connectivity index (χ3n) is 3.47. The maximum absolute atomic E-state index is 12.1. The SMILES string of the molecule is CCCN(CC(=O)NC)Cc1nc2cc(C)ccc2c(=O)[nH]1. The van der Waals surface area contributed by atoms with Gasteiger partial charge in [-0.1, -0.05) is 13.0 Å². The molecule has 0 aliphatic rings. The fraction of sp³-hybridized carbons (Fsp3) is 0.438. The number of hydrogen-bond donors (Lipinski definition) is 2. The summed E-state index contributed by atoms with van der Waals surface area (Å²) in [5, 5.41) is 3.20. The summed E-state index contributed by atoms with van der Waals surface area (Å²) in [6, 6.07) is 5.58. The summed E-state index contributed by atoms with van der Waals surface area (Å²) < 4.78 is 0. The summed E-state index contributed by atoms with van der Waals surface area (Å²) in [5.41, 5.74) is 1.61. The van der Waals surface area contributed by atoms with E-state index in [-0.39, 0.29) is 11.5 Å². The van der Waals surface area contributed by atoms with Gasteiger partial charge in [-0.15, -0.1) is 0 Å². The average Bonchev–Trinajstić information content (AvgIpc) is 2.46. The van der Waals surface area contributed by atoms with E-state index < -0.39 is 0 Å². The van der Waals surface area contributed by atoms with Crippen LogP contribution in [0.2, 0.25) is 0 Å². The smallest absolute Gasteiger partial charge is 0.258 e. The van der Waals surface area contributed by atoms with E-state index in [4.69, 9.17) is 0 Å². The Kier molecular flexibility index (Phi) is 5.27. The van der Waals surface area contributed by atoms with Crippen LogP contribution >= 0.6 is 0 Å². The molecule has 6 nitrogen and oxygen atoms in total. The Morgan fingerprint density at radius 1 is 1.41 bits per heavy atom. The average molecular weight is 302 g/mol. The highest BCUT2D eigenvalue weighted by molar-refractivity contribution is 5.78. The molecular formula is C16H22N4O2. The van der Waals surface area contributed by atoms with Crippen molar-refractivity contribution in [2.75, 3.05) is 20.1 Å². The predicted molar refractivity (Wildman–Crippen MR) is 86.7 cm³/mol. The Labute approximate surface area is 129 Å². The van der Waals surface area contributed by atoms with Gasteiger partial charge in [-0.25, -0.2) is 4.98 Å². The minimum absolute atomic E-state index is 0.0487. The number of carbonyl (C=O) groups excluding carboxylic acids is 1. The minimum atomic E-state index is -0.142. The normalized spacial score (nSPS) is 11.1. The molecule has 0 atom stereocenters. The zero-order valence-electron chi connectivity index (χ0n) is 13.3. The Morgan fingerprint density at radius 3 is 2.86 bits per heavy atom. The van der Waals surface area contributed by atoms with Gasteiger partial charge in [0.05, 0.1) is 24.0 Å². The summed E-state index contributed by atoms with van der Waals surface area (Å²) in [4.78, 5) is 33.0. The molecule has 6 heteroatoms. The van der Waals surface area contributed by atoms with Gasteiger partial charge in [0.1, 0.15) is 5.82 Å². The lowest BCUT2D eigenvalue weighted by Crippen LogP contribution is -2.36. The Bertz CT molecular complexity index is 724. The molecule has 2 rings (SSSR count). The van der Waals surface area contributed by atoms with Crippen LogP contribution in [-0.2, 0) is 11.3 Å². The molecule has 0 unspecified atom stereocenters. The zero-order valence-corrected chi connectivity index (χ0v) is 13.3. The van der Waals surface area contributed by atoms with E-state index in [0.717, 1.165) is 18.5 Å². The minimum Gasteiger partial charge on any atom is -0.358 e. The Balaban J connectivity index is 2.28. The Hall–Kier alpha value is -2.21. The molecule has 2 N–H and O–H groups in total. The summed E-state index contributed by atoms with van der Waals surface area (Å²) >= 11 is 0. The maximum atomic E-state index is 12.1. The fourth-order valence-electron chi connectivity index (χ4n) is 2.40. The molecule has 0 saturated carbocycles. The number of rotatable bonds is 6. The van der Waals surface area contributed by atoms with Gasteiger partial charge in [0, 0.05) is 7.05 Å². The van der Waals surface area contributed by atoms with Gasteiger partial charge in [0.15, 0.2) is 0 Å². The van der Waals surface area contributed by atoms with Crippen molar-refractivity contribution in [3.63, 3.8) is 0 Å². The molecule has 118 valence electrons. The quantitative estimate of drug-likeness (QED) is 0.840. The second-order valence-corrected chi connectivity index (χ2v) is 5.42. The van der Waals surface area contributed by atoms with Crippen molar-refractivity contribution in [2.45, 2.75) is 26.8 Å². The van der Waals surface area contributed by atoms with Gasteiger partial charge in [-0.2, -0.15) is 0 Å². The molecule has 0 aliphatic heterocycles. The van der Waals surface area contributed by atoms with Crippen LogP contribution in [0, 0.1) is 6.92 Å². The van der Waals surface area contributed by atoms with Gasteiger partial charge in [0.25, 0.3) is 5.56 Å². The van der Waals surface area contributed by atoms with E-state index in [0.29, 0.717) is 29.8 Å². The van der Waals surface area contributed by atoms with Crippen molar-refractivity contribution in [1.82, 2.24) is 20.2 Å². The van der Waals surface area contributed by atoms with Crippen LogP contribution in [-0.4, -0.2) is 40.9 Å². The van der Waals surface area contributed by atoms with Crippen LogP contribution in [0.4, 0.5) is 0 Å². The number of aromatic amines is 1. The number of benzene rings is 1. The molecule has 0 aliphatic carbocycles. The third kappa shape index (κ3) is 3.92. The number of H-pyrrole nitrogens is 1. The summed E-state index contributed by atoms with van der Waals surface area (Å²) in [6.45, 7) is 5.52. The molecule has 0 spiro atoms. The number of aromatic nitrogens is 2. The van der Waals surface area contributed by atoms with Crippen LogP contribution in [0.1, 0.15) is 24.7 Å². The van der Waals surface area contributed by atoms with E-state index in [1.54, 1.807) is 13.1 Å². The molecule has 1 amide bonds. The van der Waals surface area contributed by atoms with Crippen LogP contribution in [0.25, 0.3) is 10.9 Å². The van der Waals surface area contributed by atoms with Crippen LogP contribution in [0.3, 0.4) is 0 Å². The predicted octanol–water partition coefficient (Wildman–Crippen LogP) is 1.19. The van der Waals surface area contributed by atoms with Gasteiger partial charge >= 0.3 is 0 Å². The molecule has 0 radical (unpaired) electrons. The topological polar surface area (TPSA) is 78.1 Å². The van der Waals surface area contributed by atoms with Crippen molar-refractivity contribution in [1.29, 1.82) is 0 Å². The lowest BCUT2D eigenvalue weighted by atomic mass is 10.2. The van der Waals surface area contributed by atoms with Crippen LogP contribution < -0.4 is 10.9 Å². The fourth-order valence-corrected chi connectivity index (χ4v) is 2.40. The highest BCUT2D eigenvalue weighted by Crippen LogP contribution is 2.10. The second-order valence-electron chi connectivity index (χ2n) is 5.42. The van der Waals surface area contributed by atoms with Gasteiger partial charge in [-0.05, 0) is 37.6 Å². The summed E-state index contributed by atoms with van der Waals surface area (Å²) in [6.07, 6.45) is 0.925. The second kappa shape index (κ2) is 7.17. The van der Waals surface area contributed by atoms with Crippen molar-refractivity contribution < 1.29 is 4.79 Å². The first kappa shape index (κ1) is 16.2. The first-order valence-corrected chi connectivity index (χ1v) is 7.46. The van der Waals surface area contributed by atoms with E-state index in [9.17, 15) is 9.59 Å². The third-order valence-corrected chi connectivity index (χ3v) is 3.47. The summed E-state index contributed by atoms with van der Waals surface area (Å²) in [5.74, 6) is 0.535. The van der Waals surface area contributed by atoms with Gasteiger partial charge in [-0.3, -0.25) is 14.5 Å². The van der Waals surface area contributed by atoms with Gasteiger partial charge < -0.3 is 10.3 Å². The molecule has 0 fully saturated rings. The first-order valence-electron chi connectivity index (χ1n) is 7.46. The van der Waals surface area contributed by atoms with Crippen LogP contribution in [0.5, 0.6) is 0 Å². The van der Waals surface area contributed by atoms with Crippen molar-refractivity contribution >= 4 is 16.8 Å². The maximum Gasteiger partial charge on any atom is 0.258 e. The first-order chi connectivity index (χ1) is 10.5.